The van der Waals surface area contributed by atoms with Crippen LogP contribution in [0.1, 0.15) is 57.4 Å². The number of carboxylic acids is 1. The Hall–Kier alpha value is -2.75. The quantitative estimate of drug-likeness (QED) is 0.347. The summed E-state index contributed by atoms with van der Waals surface area (Å²) in [6.07, 6.45) is 11.1. The Morgan fingerprint density at radius 3 is 1.82 bits per heavy atom. The van der Waals surface area contributed by atoms with Crippen LogP contribution in [-0.4, -0.2) is 21.3 Å². The molecule has 0 bridgehead atoms. The van der Waals surface area contributed by atoms with Crippen molar-refractivity contribution in [2.75, 3.05) is 0 Å². The maximum atomic E-state index is 9.58. The van der Waals surface area contributed by atoms with E-state index in [0.717, 1.165) is 18.1 Å². The molecule has 0 spiro atoms. The molecule has 0 aliphatic rings. The zero-order valence-corrected chi connectivity index (χ0v) is 16.9. The molecule has 4 heteroatoms. The number of aromatic hydroxyl groups is 2. The number of aliphatic carboxylic acids is 1. The van der Waals surface area contributed by atoms with Crippen LogP contribution in [0.15, 0.2) is 67.3 Å². The molecule has 2 rings (SSSR count). The average molecular weight is 387 g/mol. The van der Waals surface area contributed by atoms with Gasteiger partial charge >= 0.3 is 5.97 Å². The largest absolute Gasteiger partial charge is 0.508 e. The van der Waals surface area contributed by atoms with Crippen LogP contribution in [0.5, 0.6) is 11.5 Å². The molecular formula is C24H34O4. The monoisotopic (exact) mass is 386 g/mol. The highest BCUT2D eigenvalue weighted by atomic mass is 16.4. The predicted molar refractivity (Wildman–Crippen MR) is 116 cm³/mol. The minimum Gasteiger partial charge on any atom is -0.508 e. The van der Waals surface area contributed by atoms with Gasteiger partial charge in [-0.2, -0.15) is 0 Å². The second-order valence-electron chi connectivity index (χ2n) is 6.38. The second-order valence-corrected chi connectivity index (χ2v) is 6.38. The van der Waals surface area contributed by atoms with Gasteiger partial charge < -0.3 is 15.3 Å². The van der Waals surface area contributed by atoms with E-state index in [0.29, 0.717) is 11.5 Å². The van der Waals surface area contributed by atoms with Crippen molar-refractivity contribution < 1.29 is 20.1 Å². The summed E-state index contributed by atoms with van der Waals surface area (Å²) in [5, 5.41) is 25.8. The molecule has 0 unspecified atom stereocenters. The van der Waals surface area contributed by atoms with Crippen molar-refractivity contribution >= 4 is 5.97 Å². The van der Waals surface area contributed by atoms with Crippen LogP contribution in [0.25, 0.3) is 0 Å². The highest BCUT2D eigenvalue weighted by Crippen LogP contribution is 2.18. The topological polar surface area (TPSA) is 77.8 Å². The van der Waals surface area contributed by atoms with E-state index < -0.39 is 5.97 Å². The molecule has 0 heterocycles. The van der Waals surface area contributed by atoms with Gasteiger partial charge in [0.2, 0.25) is 0 Å². The van der Waals surface area contributed by atoms with Gasteiger partial charge in [0.1, 0.15) is 11.5 Å². The molecule has 0 fully saturated rings. The number of para-hydroxylation sites is 2. The minimum atomic E-state index is -0.981. The zero-order valence-electron chi connectivity index (χ0n) is 16.9. The molecule has 154 valence electrons. The van der Waals surface area contributed by atoms with Crippen molar-refractivity contribution in [3.8, 4) is 11.5 Å². The number of hydrogen-bond acceptors (Lipinski definition) is 3. The molecule has 2 aromatic rings. The molecule has 0 amide bonds. The number of benzene rings is 2. The van der Waals surface area contributed by atoms with Gasteiger partial charge in [-0.3, -0.25) is 0 Å². The van der Waals surface area contributed by atoms with Gasteiger partial charge in [0.25, 0.3) is 0 Å². The van der Waals surface area contributed by atoms with E-state index in [-0.39, 0.29) is 0 Å². The number of rotatable bonds is 9. The Labute approximate surface area is 169 Å². The van der Waals surface area contributed by atoms with Crippen LogP contribution in [0.4, 0.5) is 0 Å². The maximum absolute atomic E-state index is 9.58. The number of carbonyl (C=O) groups is 1. The molecule has 0 saturated heterocycles. The van der Waals surface area contributed by atoms with Gasteiger partial charge in [-0.1, -0.05) is 88.4 Å². The normalized spacial score (nSPS) is 9.32. The number of unbranched alkanes of at least 4 members (excludes halogenated alkanes) is 6. The number of aryl methyl sites for hydroxylation is 1. The van der Waals surface area contributed by atoms with Crippen molar-refractivity contribution in [2.45, 2.75) is 58.3 Å². The van der Waals surface area contributed by atoms with E-state index in [1.54, 1.807) is 30.3 Å². The summed E-state index contributed by atoms with van der Waals surface area (Å²) in [5.41, 5.74) is 1.09. The van der Waals surface area contributed by atoms with E-state index in [2.05, 4.69) is 13.5 Å². The smallest absolute Gasteiger partial charge is 0.327 e. The molecule has 0 radical (unpaired) electrons. The second kappa shape index (κ2) is 17.7. The third-order valence-electron chi connectivity index (χ3n) is 3.97. The lowest BCUT2D eigenvalue weighted by Gasteiger charge is -2.04. The lowest BCUT2D eigenvalue weighted by Crippen LogP contribution is -1.87. The summed E-state index contributed by atoms with van der Waals surface area (Å²) in [6.45, 7) is 5.21. The lowest BCUT2D eigenvalue weighted by atomic mass is 10.0. The van der Waals surface area contributed by atoms with E-state index in [1.165, 1.54) is 44.9 Å². The van der Waals surface area contributed by atoms with Gasteiger partial charge in [0.15, 0.2) is 0 Å². The molecule has 0 saturated carbocycles. The first kappa shape index (κ1) is 25.2. The Balaban J connectivity index is 0.000000497. The molecule has 0 aliphatic carbocycles. The standard InChI is InChI=1S/C15H24O.C6H6O.C3H4O2/c1-2-3-4-5-6-7-8-11-14-12-9-10-13-15(14)16;7-6-4-2-1-3-5-6;1-2-3(4)5/h9-10,12-13,16H,2-8,11H2,1H3;1-5,7H;2H,1H2,(H,4,5). The van der Waals surface area contributed by atoms with Gasteiger partial charge in [-0.25, -0.2) is 4.79 Å². The van der Waals surface area contributed by atoms with E-state index >= 15 is 0 Å². The first-order valence-corrected chi connectivity index (χ1v) is 9.87. The molecule has 0 atom stereocenters. The fraction of sp³-hybridized carbons (Fsp3) is 0.375. The third-order valence-corrected chi connectivity index (χ3v) is 3.97. The predicted octanol–water partition coefficient (Wildman–Crippen LogP) is 6.33. The van der Waals surface area contributed by atoms with Crippen molar-refractivity contribution in [1.29, 1.82) is 0 Å². The summed E-state index contributed by atoms with van der Waals surface area (Å²) in [6, 6.07) is 16.4. The summed E-state index contributed by atoms with van der Waals surface area (Å²) < 4.78 is 0. The Kier molecular flexibility index (Phi) is 15.9. The number of phenols is 2. The molecule has 2 aromatic carbocycles. The molecule has 4 nitrogen and oxygen atoms in total. The molecule has 0 aromatic heterocycles. The summed E-state index contributed by atoms with van der Waals surface area (Å²) in [7, 11) is 0. The van der Waals surface area contributed by atoms with E-state index in [1.807, 2.05) is 24.3 Å². The van der Waals surface area contributed by atoms with Crippen LogP contribution in [0.3, 0.4) is 0 Å². The van der Waals surface area contributed by atoms with Crippen LogP contribution < -0.4 is 0 Å². The summed E-state index contributed by atoms with van der Waals surface area (Å²) >= 11 is 0. The highest BCUT2D eigenvalue weighted by molar-refractivity contribution is 5.78. The zero-order chi connectivity index (χ0) is 21.0. The molecular weight excluding hydrogens is 352 g/mol. The Bertz CT molecular complexity index is 638. The number of phenolic OH excluding ortho intramolecular Hbond substituents is 2. The van der Waals surface area contributed by atoms with Crippen molar-refractivity contribution in [3.63, 3.8) is 0 Å². The first-order chi connectivity index (χ1) is 13.5. The van der Waals surface area contributed by atoms with Crippen molar-refractivity contribution in [1.82, 2.24) is 0 Å². The van der Waals surface area contributed by atoms with Gasteiger partial charge in [-0.15, -0.1) is 0 Å². The average Bonchev–Trinajstić information content (AvgIpc) is 2.70. The van der Waals surface area contributed by atoms with Crippen molar-refractivity contribution in [3.05, 3.63) is 72.8 Å². The fourth-order valence-corrected chi connectivity index (χ4v) is 2.42. The lowest BCUT2D eigenvalue weighted by molar-refractivity contribution is -0.131. The number of hydrogen-bond donors (Lipinski definition) is 3. The van der Waals surface area contributed by atoms with Crippen LogP contribution in [-0.2, 0) is 11.2 Å². The SMILES string of the molecule is C=CC(=O)O.CCCCCCCCCc1ccccc1O.Oc1ccccc1. The molecule has 0 aliphatic heterocycles. The Morgan fingerprint density at radius 1 is 0.857 bits per heavy atom. The van der Waals surface area contributed by atoms with Gasteiger partial charge in [0, 0.05) is 6.08 Å². The molecule has 28 heavy (non-hydrogen) atoms. The summed E-state index contributed by atoms with van der Waals surface area (Å²) in [5.74, 6) is -0.207. The maximum Gasteiger partial charge on any atom is 0.327 e. The van der Waals surface area contributed by atoms with E-state index in [9.17, 15) is 9.90 Å². The van der Waals surface area contributed by atoms with Crippen molar-refractivity contribution in [2.24, 2.45) is 0 Å². The van der Waals surface area contributed by atoms with Gasteiger partial charge in [0.05, 0.1) is 0 Å². The van der Waals surface area contributed by atoms with Crippen LogP contribution >= 0.6 is 0 Å². The van der Waals surface area contributed by atoms with Crippen LogP contribution in [0.2, 0.25) is 0 Å². The van der Waals surface area contributed by atoms with E-state index in [4.69, 9.17) is 10.2 Å². The van der Waals surface area contributed by atoms with Gasteiger partial charge in [-0.05, 0) is 36.6 Å². The third kappa shape index (κ3) is 15.5. The number of carboxylic acid groups (broad SMARTS) is 1. The van der Waals surface area contributed by atoms with Crippen LogP contribution in [0, 0.1) is 0 Å². The highest BCUT2D eigenvalue weighted by Gasteiger charge is 1.98. The summed E-state index contributed by atoms with van der Waals surface area (Å²) in [4.78, 5) is 9.25. The fourth-order valence-electron chi connectivity index (χ4n) is 2.42. The minimum absolute atomic E-state index is 0.322. The Morgan fingerprint density at radius 2 is 1.36 bits per heavy atom. The molecule has 3 N–H and O–H groups in total. The first-order valence-electron chi connectivity index (χ1n) is 9.87.